The van der Waals surface area contributed by atoms with Gasteiger partial charge in [-0.15, -0.1) is 0 Å². The highest BCUT2D eigenvalue weighted by atomic mass is 35.5. The maximum atomic E-state index is 13.6. The van der Waals surface area contributed by atoms with E-state index in [0.29, 0.717) is 11.3 Å². The number of Topliss-reactive ketones (excluding diaryl/α,β-unsaturated/α-hetero) is 1. The number of ether oxygens (including phenoxy) is 1. The third-order valence-corrected chi connectivity index (χ3v) is 3.17. The van der Waals surface area contributed by atoms with Gasteiger partial charge in [-0.3, -0.25) is 4.79 Å². The molecule has 0 bridgehead atoms. The number of rotatable bonds is 4. The Morgan fingerprint density at radius 3 is 2.47 bits per heavy atom. The van der Waals surface area contributed by atoms with Gasteiger partial charge in [0.1, 0.15) is 11.6 Å². The molecule has 2 nitrogen and oxygen atoms in total. The molecule has 0 fully saturated rings. The zero-order chi connectivity index (χ0) is 13.8. The van der Waals surface area contributed by atoms with Gasteiger partial charge in [0, 0.05) is 22.6 Å². The average Bonchev–Trinajstić information content (AvgIpc) is 2.43. The van der Waals surface area contributed by atoms with Crippen LogP contribution in [-0.4, -0.2) is 12.9 Å². The van der Waals surface area contributed by atoms with Crippen molar-refractivity contribution in [2.45, 2.75) is 6.42 Å². The van der Waals surface area contributed by atoms with E-state index < -0.39 is 5.82 Å². The molecule has 4 heteroatoms. The number of hydrogen-bond donors (Lipinski definition) is 0. The lowest BCUT2D eigenvalue weighted by molar-refractivity contribution is 0.0992. The second-order valence-corrected chi connectivity index (χ2v) is 4.44. The molecule has 0 spiro atoms. The van der Waals surface area contributed by atoms with E-state index in [1.807, 2.05) is 0 Å². The molecule has 0 aliphatic rings. The van der Waals surface area contributed by atoms with E-state index in [1.54, 1.807) is 37.4 Å². The number of carbonyl (C=O) groups is 1. The third kappa shape index (κ3) is 3.12. The number of hydrogen-bond acceptors (Lipinski definition) is 2. The molecule has 98 valence electrons. The average molecular weight is 279 g/mol. The minimum atomic E-state index is -0.464. The lowest BCUT2D eigenvalue weighted by atomic mass is 10.0. The summed E-state index contributed by atoms with van der Waals surface area (Å²) in [6.07, 6.45) is -0.0577. The van der Waals surface area contributed by atoms with Crippen molar-refractivity contribution in [1.82, 2.24) is 0 Å². The van der Waals surface area contributed by atoms with E-state index in [4.69, 9.17) is 16.3 Å². The Morgan fingerprint density at radius 1 is 1.21 bits per heavy atom. The first kappa shape index (κ1) is 13.6. The summed E-state index contributed by atoms with van der Waals surface area (Å²) in [5, 5.41) is 0.266. The Balaban J connectivity index is 2.20. The maximum Gasteiger partial charge on any atom is 0.167 e. The molecule has 0 unspecified atom stereocenters. The summed E-state index contributed by atoms with van der Waals surface area (Å²) < 4.78 is 18.6. The Morgan fingerprint density at radius 2 is 1.89 bits per heavy atom. The van der Waals surface area contributed by atoms with Crippen LogP contribution in [0.5, 0.6) is 5.75 Å². The number of benzene rings is 2. The predicted molar refractivity (Wildman–Crippen MR) is 72.4 cm³/mol. The van der Waals surface area contributed by atoms with Gasteiger partial charge in [0.05, 0.1) is 7.11 Å². The number of methoxy groups -OCH3 is 1. The normalized spacial score (nSPS) is 10.3. The first-order chi connectivity index (χ1) is 9.11. The molecule has 0 aliphatic carbocycles. The minimum absolute atomic E-state index is 0.0577. The monoisotopic (exact) mass is 278 g/mol. The topological polar surface area (TPSA) is 26.3 Å². The van der Waals surface area contributed by atoms with Crippen LogP contribution in [0.3, 0.4) is 0 Å². The van der Waals surface area contributed by atoms with Gasteiger partial charge in [0.25, 0.3) is 0 Å². The number of carbonyl (C=O) groups excluding carboxylic acids is 1. The molecule has 0 aromatic heterocycles. The van der Waals surface area contributed by atoms with Crippen LogP contribution in [-0.2, 0) is 6.42 Å². The van der Waals surface area contributed by atoms with Crippen LogP contribution in [0.4, 0.5) is 4.39 Å². The summed E-state index contributed by atoms with van der Waals surface area (Å²) in [7, 11) is 1.55. The SMILES string of the molecule is COc1ccc(C(=O)Cc2c(F)cccc2Cl)cc1. The Kier molecular flexibility index (Phi) is 4.17. The summed E-state index contributed by atoms with van der Waals surface area (Å²) >= 11 is 5.90. The van der Waals surface area contributed by atoms with Crippen molar-refractivity contribution < 1.29 is 13.9 Å². The van der Waals surface area contributed by atoms with Crippen LogP contribution in [0, 0.1) is 5.82 Å². The van der Waals surface area contributed by atoms with Gasteiger partial charge in [-0.1, -0.05) is 17.7 Å². The van der Waals surface area contributed by atoms with Crippen molar-refractivity contribution in [2.24, 2.45) is 0 Å². The predicted octanol–water partition coefficient (Wildman–Crippen LogP) is 3.91. The Labute approximate surface area is 115 Å². The number of ketones is 1. The minimum Gasteiger partial charge on any atom is -0.497 e. The van der Waals surface area contributed by atoms with Crippen molar-refractivity contribution in [3.8, 4) is 5.75 Å². The Bertz CT molecular complexity index is 573. The summed E-state index contributed by atoms with van der Waals surface area (Å²) in [5.41, 5.74) is 0.727. The van der Waals surface area contributed by atoms with Crippen LogP contribution >= 0.6 is 11.6 Å². The lowest BCUT2D eigenvalue weighted by Gasteiger charge is -2.06. The van der Waals surface area contributed by atoms with E-state index in [9.17, 15) is 9.18 Å². The molecular formula is C15H12ClFO2. The maximum absolute atomic E-state index is 13.6. The summed E-state index contributed by atoms with van der Waals surface area (Å²) in [6.45, 7) is 0. The molecule has 0 N–H and O–H groups in total. The first-order valence-corrected chi connectivity index (χ1v) is 6.09. The van der Waals surface area contributed by atoms with E-state index in [0.717, 1.165) is 0 Å². The van der Waals surface area contributed by atoms with Crippen molar-refractivity contribution in [2.75, 3.05) is 7.11 Å². The quantitative estimate of drug-likeness (QED) is 0.793. The van der Waals surface area contributed by atoms with Gasteiger partial charge in [-0.05, 0) is 36.4 Å². The fraction of sp³-hybridized carbons (Fsp3) is 0.133. The van der Waals surface area contributed by atoms with Crippen molar-refractivity contribution >= 4 is 17.4 Å². The molecule has 0 radical (unpaired) electrons. The molecular weight excluding hydrogens is 267 g/mol. The van der Waals surface area contributed by atoms with E-state index >= 15 is 0 Å². The zero-order valence-corrected chi connectivity index (χ0v) is 11.1. The highest BCUT2D eigenvalue weighted by Crippen LogP contribution is 2.21. The van der Waals surface area contributed by atoms with E-state index in [2.05, 4.69) is 0 Å². The van der Waals surface area contributed by atoms with Crippen molar-refractivity contribution in [1.29, 1.82) is 0 Å². The van der Waals surface area contributed by atoms with Crippen molar-refractivity contribution in [3.63, 3.8) is 0 Å². The van der Waals surface area contributed by atoms with E-state index in [1.165, 1.54) is 12.1 Å². The van der Waals surface area contributed by atoms with E-state index in [-0.39, 0.29) is 22.8 Å². The van der Waals surface area contributed by atoms with Gasteiger partial charge >= 0.3 is 0 Å². The van der Waals surface area contributed by atoms with Crippen LogP contribution in [0.25, 0.3) is 0 Å². The highest BCUT2D eigenvalue weighted by molar-refractivity contribution is 6.31. The lowest BCUT2D eigenvalue weighted by Crippen LogP contribution is -2.05. The molecule has 0 atom stereocenters. The van der Waals surface area contributed by atoms with Gasteiger partial charge in [-0.2, -0.15) is 0 Å². The summed E-state index contributed by atoms with van der Waals surface area (Å²) in [4.78, 5) is 12.1. The first-order valence-electron chi connectivity index (χ1n) is 5.72. The smallest absolute Gasteiger partial charge is 0.167 e. The molecule has 0 amide bonds. The molecule has 19 heavy (non-hydrogen) atoms. The third-order valence-electron chi connectivity index (χ3n) is 2.81. The fourth-order valence-electron chi connectivity index (χ4n) is 1.74. The van der Waals surface area contributed by atoms with Crippen LogP contribution in [0.15, 0.2) is 42.5 Å². The molecule has 0 aliphatic heterocycles. The van der Waals surface area contributed by atoms with Gasteiger partial charge in [0.2, 0.25) is 0 Å². The highest BCUT2D eigenvalue weighted by Gasteiger charge is 2.13. The van der Waals surface area contributed by atoms with Gasteiger partial charge in [0.15, 0.2) is 5.78 Å². The zero-order valence-electron chi connectivity index (χ0n) is 10.3. The number of halogens is 2. The Hall–Kier alpha value is -1.87. The molecule has 2 aromatic rings. The standard InChI is InChI=1S/C15H12ClFO2/c1-19-11-7-5-10(6-8-11)15(18)9-12-13(16)3-2-4-14(12)17/h2-8H,9H2,1H3. The van der Waals surface area contributed by atoms with Crippen LogP contribution in [0.2, 0.25) is 5.02 Å². The molecule has 0 heterocycles. The van der Waals surface area contributed by atoms with Gasteiger partial charge < -0.3 is 4.74 Å². The molecule has 2 rings (SSSR count). The summed E-state index contributed by atoms with van der Waals surface area (Å²) in [5.74, 6) is 0.0180. The largest absolute Gasteiger partial charge is 0.497 e. The van der Waals surface area contributed by atoms with Crippen LogP contribution < -0.4 is 4.74 Å². The second kappa shape index (κ2) is 5.85. The molecule has 0 saturated carbocycles. The fourth-order valence-corrected chi connectivity index (χ4v) is 1.97. The van der Waals surface area contributed by atoms with Crippen LogP contribution in [0.1, 0.15) is 15.9 Å². The molecule has 2 aromatic carbocycles. The summed E-state index contributed by atoms with van der Waals surface area (Å²) in [6, 6.07) is 11.1. The van der Waals surface area contributed by atoms with Crippen molar-refractivity contribution in [3.05, 3.63) is 64.4 Å². The van der Waals surface area contributed by atoms with Gasteiger partial charge in [-0.25, -0.2) is 4.39 Å². The second-order valence-electron chi connectivity index (χ2n) is 4.03. The molecule has 0 saturated heterocycles.